The molecule has 0 radical (unpaired) electrons. The lowest BCUT2D eigenvalue weighted by Gasteiger charge is -2.10. The summed E-state index contributed by atoms with van der Waals surface area (Å²) in [6.07, 6.45) is 0. The SMILES string of the molecule is COc1ccc(-c2csc(NC(=O)CSc3nnc(C(C)(C)C)o3)n2)c(OC)c1. The highest BCUT2D eigenvalue weighted by Gasteiger charge is 2.22. The maximum absolute atomic E-state index is 12.2. The molecule has 10 heteroatoms. The zero-order valence-electron chi connectivity index (χ0n) is 16.8. The van der Waals surface area contributed by atoms with Crippen molar-refractivity contribution >= 4 is 34.1 Å². The van der Waals surface area contributed by atoms with E-state index in [4.69, 9.17) is 13.9 Å². The van der Waals surface area contributed by atoms with Crippen LogP contribution in [0, 0.1) is 0 Å². The molecule has 0 aliphatic carbocycles. The fourth-order valence-electron chi connectivity index (χ4n) is 2.32. The van der Waals surface area contributed by atoms with E-state index in [0.29, 0.717) is 33.4 Å². The van der Waals surface area contributed by atoms with Gasteiger partial charge in [0.05, 0.1) is 25.7 Å². The van der Waals surface area contributed by atoms with Crippen LogP contribution in [0.4, 0.5) is 5.13 Å². The number of carbonyl (C=O) groups is 1. The summed E-state index contributed by atoms with van der Waals surface area (Å²) in [5.74, 6) is 1.83. The summed E-state index contributed by atoms with van der Waals surface area (Å²) in [4.78, 5) is 16.7. The maximum atomic E-state index is 12.2. The van der Waals surface area contributed by atoms with E-state index >= 15 is 0 Å². The first-order valence-corrected chi connectivity index (χ1v) is 10.6. The van der Waals surface area contributed by atoms with Crippen LogP contribution in [0.3, 0.4) is 0 Å². The van der Waals surface area contributed by atoms with Crippen LogP contribution in [0.25, 0.3) is 11.3 Å². The first-order chi connectivity index (χ1) is 13.8. The summed E-state index contributed by atoms with van der Waals surface area (Å²) < 4.78 is 16.2. The Hall–Kier alpha value is -2.59. The van der Waals surface area contributed by atoms with Crippen molar-refractivity contribution in [3.63, 3.8) is 0 Å². The van der Waals surface area contributed by atoms with Crippen molar-refractivity contribution in [1.29, 1.82) is 0 Å². The van der Waals surface area contributed by atoms with Crippen molar-refractivity contribution < 1.29 is 18.7 Å². The molecular formula is C19H22N4O4S2. The molecule has 154 valence electrons. The molecule has 0 aliphatic rings. The van der Waals surface area contributed by atoms with Gasteiger partial charge in [-0.3, -0.25) is 4.79 Å². The number of nitrogens with zero attached hydrogens (tertiary/aromatic N) is 3. The van der Waals surface area contributed by atoms with Crippen molar-refractivity contribution in [2.45, 2.75) is 31.4 Å². The maximum Gasteiger partial charge on any atom is 0.277 e. The third kappa shape index (κ3) is 5.27. The van der Waals surface area contributed by atoms with Gasteiger partial charge in [0.2, 0.25) is 11.8 Å². The molecule has 0 bridgehead atoms. The lowest BCUT2D eigenvalue weighted by atomic mass is 9.97. The summed E-state index contributed by atoms with van der Waals surface area (Å²) in [6, 6.07) is 5.50. The molecule has 0 fully saturated rings. The number of thiazole rings is 1. The minimum Gasteiger partial charge on any atom is -0.497 e. The third-order valence-corrected chi connectivity index (χ3v) is 5.39. The Kier molecular flexibility index (Phi) is 6.43. The van der Waals surface area contributed by atoms with Crippen LogP contribution in [-0.4, -0.2) is 41.1 Å². The molecule has 1 amide bonds. The Labute approximate surface area is 177 Å². The second-order valence-electron chi connectivity index (χ2n) is 7.06. The number of benzene rings is 1. The zero-order chi connectivity index (χ0) is 21.0. The quantitative estimate of drug-likeness (QED) is 0.551. The molecule has 0 saturated carbocycles. The molecule has 3 rings (SSSR count). The minimum absolute atomic E-state index is 0.145. The molecule has 1 N–H and O–H groups in total. The lowest BCUT2D eigenvalue weighted by Crippen LogP contribution is -2.13. The Morgan fingerprint density at radius 2 is 2.03 bits per heavy atom. The largest absolute Gasteiger partial charge is 0.497 e. The van der Waals surface area contributed by atoms with Crippen LogP contribution in [0.1, 0.15) is 26.7 Å². The molecule has 0 atom stereocenters. The predicted molar refractivity (Wildman–Crippen MR) is 113 cm³/mol. The van der Waals surface area contributed by atoms with Gasteiger partial charge < -0.3 is 19.2 Å². The number of amides is 1. The summed E-state index contributed by atoms with van der Waals surface area (Å²) in [5.41, 5.74) is 1.30. The van der Waals surface area contributed by atoms with Gasteiger partial charge in [0.15, 0.2) is 5.13 Å². The highest BCUT2D eigenvalue weighted by molar-refractivity contribution is 7.99. The molecule has 1 aromatic carbocycles. The van der Waals surface area contributed by atoms with Crippen LogP contribution in [0.15, 0.2) is 33.2 Å². The van der Waals surface area contributed by atoms with Gasteiger partial charge >= 0.3 is 0 Å². The van der Waals surface area contributed by atoms with Gasteiger partial charge in [-0.15, -0.1) is 21.5 Å². The predicted octanol–water partition coefficient (Wildman–Crippen LogP) is 4.24. The molecular weight excluding hydrogens is 412 g/mol. The molecule has 2 heterocycles. The summed E-state index contributed by atoms with van der Waals surface area (Å²) in [6.45, 7) is 5.96. The van der Waals surface area contributed by atoms with Gasteiger partial charge in [0.25, 0.3) is 5.22 Å². The molecule has 3 aromatic rings. The molecule has 0 spiro atoms. The van der Waals surface area contributed by atoms with E-state index in [1.807, 2.05) is 38.3 Å². The number of anilines is 1. The Morgan fingerprint density at radius 1 is 1.24 bits per heavy atom. The van der Waals surface area contributed by atoms with Crippen LogP contribution in [0.5, 0.6) is 11.5 Å². The second kappa shape index (κ2) is 8.83. The van der Waals surface area contributed by atoms with Gasteiger partial charge in [0.1, 0.15) is 11.5 Å². The lowest BCUT2D eigenvalue weighted by molar-refractivity contribution is -0.113. The monoisotopic (exact) mass is 434 g/mol. The highest BCUT2D eigenvalue weighted by atomic mass is 32.2. The van der Waals surface area contributed by atoms with E-state index < -0.39 is 0 Å². The first-order valence-electron chi connectivity index (χ1n) is 8.74. The van der Waals surface area contributed by atoms with E-state index in [9.17, 15) is 4.79 Å². The molecule has 29 heavy (non-hydrogen) atoms. The zero-order valence-corrected chi connectivity index (χ0v) is 18.4. The molecule has 0 saturated heterocycles. The van der Waals surface area contributed by atoms with Gasteiger partial charge in [-0.1, -0.05) is 32.5 Å². The first kappa shape index (κ1) is 21.1. The number of nitrogens with one attached hydrogen (secondary N) is 1. The molecule has 0 unspecified atom stereocenters. The Balaban J connectivity index is 1.61. The fourth-order valence-corrected chi connectivity index (χ4v) is 3.61. The number of ether oxygens (including phenoxy) is 2. The number of carbonyl (C=O) groups excluding carboxylic acids is 1. The van der Waals surface area contributed by atoms with E-state index in [2.05, 4.69) is 20.5 Å². The van der Waals surface area contributed by atoms with Crippen molar-refractivity contribution in [1.82, 2.24) is 15.2 Å². The fraction of sp³-hybridized carbons (Fsp3) is 0.368. The number of aromatic nitrogens is 3. The molecule has 2 aromatic heterocycles. The second-order valence-corrected chi connectivity index (χ2v) is 8.85. The molecule has 0 aliphatic heterocycles. The number of thioether (sulfide) groups is 1. The highest BCUT2D eigenvalue weighted by Crippen LogP contribution is 2.35. The Bertz CT molecular complexity index is 994. The van der Waals surface area contributed by atoms with Crippen LogP contribution < -0.4 is 14.8 Å². The smallest absolute Gasteiger partial charge is 0.277 e. The van der Waals surface area contributed by atoms with Crippen molar-refractivity contribution in [3.05, 3.63) is 29.5 Å². The van der Waals surface area contributed by atoms with Crippen molar-refractivity contribution in [2.75, 3.05) is 25.3 Å². The van der Waals surface area contributed by atoms with Crippen LogP contribution in [-0.2, 0) is 10.2 Å². The number of hydrogen-bond acceptors (Lipinski definition) is 9. The number of methoxy groups -OCH3 is 2. The van der Waals surface area contributed by atoms with Gasteiger partial charge in [0, 0.05) is 22.4 Å². The normalized spacial score (nSPS) is 11.3. The van der Waals surface area contributed by atoms with E-state index in [1.54, 1.807) is 20.3 Å². The van der Waals surface area contributed by atoms with Gasteiger partial charge in [-0.2, -0.15) is 0 Å². The van der Waals surface area contributed by atoms with Crippen LogP contribution >= 0.6 is 23.1 Å². The van der Waals surface area contributed by atoms with E-state index in [0.717, 1.165) is 5.56 Å². The van der Waals surface area contributed by atoms with Gasteiger partial charge in [-0.05, 0) is 12.1 Å². The van der Waals surface area contributed by atoms with Crippen molar-refractivity contribution in [3.8, 4) is 22.8 Å². The Morgan fingerprint density at radius 3 is 2.69 bits per heavy atom. The van der Waals surface area contributed by atoms with Crippen molar-refractivity contribution in [2.24, 2.45) is 0 Å². The third-order valence-electron chi connectivity index (χ3n) is 3.81. The van der Waals surface area contributed by atoms with Crippen LogP contribution in [0.2, 0.25) is 0 Å². The van der Waals surface area contributed by atoms with Gasteiger partial charge in [-0.25, -0.2) is 4.98 Å². The topological polar surface area (TPSA) is 99.4 Å². The van der Waals surface area contributed by atoms with E-state index in [1.165, 1.54) is 23.1 Å². The number of hydrogen-bond donors (Lipinski definition) is 1. The average Bonchev–Trinajstić information content (AvgIpc) is 3.35. The standard InChI is InChI=1S/C19H22N4O4S2/c1-19(2,3)16-22-23-18(27-16)29-10-15(24)21-17-20-13(9-28-17)12-7-6-11(25-4)8-14(12)26-5/h6-9H,10H2,1-5H3,(H,20,21,24). The summed E-state index contributed by atoms with van der Waals surface area (Å²) in [7, 11) is 3.19. The average molecular weight is 435 g/mol. The number of rotatable bonds is 7. The minimum atomic E-state index is -0.228. The molecule has 8 nitrogen and oxygen atoms in total. The van der Waals surface area contributed by atoms with E-state index in [-0.39, 0.29) is 17.1 Å². The summed E-state index contributed by atoms with van der Waals surface area (Å²) >= 11 is 2.53. The summed E-state index contributed by atoms with van der Waals surface area (Å²) in [5, 5.41) is 13.5.